The molecule has 2 N–H and O–H groups in total. The lowest BCUT2D eigenvalue weighted by molar-refractivity contribution is -0.384. The molecular weight excluding hydrogens is 412 g/mol. The van der Waals surface area contributed by atoms with E-state index in [2.05, 4.69) is 25.9 Å². The van der Waals surface area contributed by atoms with E-state index >= 15 is 0 Å². The van der Waals surface area contributed by atoms with Gasteiger partial charge in [-0.2, -0.15) is 5.21 Å². The second kappa shape index (κ2) is 7.75. The molecule has 1 amide bonds. The Morgan fingerprint density at radius 1 is 1.27 bits per heavy atom. The minimum absolute atomic E-state index is 0.0208. The van der Waals surface area contributed by atoms with Gasteiger partial charge in [-0.1, -0.05) is 5.10 Å². The Bertz CT molecular complexity index is 1240. The van der Waals surface area contributed by atoms with Crippen molar-refractivity contribution in [2.45, 2.75) is 6.92 Å². The Balaban J connectivity index is 1.79. The minimum atomic E-state index is -0.499. The van der Waals surface area contributed by atoms with Crippen LogP contribution in [0.15, 0.2) is 36.4 Å². The molecule has 152 valence electrons. The summed E-state index contributed by atoms with van der Waals surface area (Å²) in [6, 6.07) is 9.27. The number of aromatic amines is 1. The summed E-state index contributed by atoms with van der Waals surface area (Å²) >= 11 is 1.23. The van der Waals surface area contributed by atoms with Crippen molar-refractivity contribution in [1.82, 2.24) is 20.6 Å². The number of carbonyl (C=O) groups is 1. The number of non-ortho nitro benzene ring substituents is 1. The second-order valence-corrected chi connectivity index (χ2v) is 7.17. The highest BCUT2D eigenvalue weighted by Gasteiger charge is 2.23. The van der Waals surface area contributed by atoms with Gasteiger partial charge in [-0.3, -0.25) is 20.2 Å². The number of nitrogens with zero attached hydrogens (tertiary/aromatic N) is 4. The first kappa shape index (κ1) is 19.3. The summed E-state index contributed by atoms with van der Waals surface area (Å²) in [5.41, 5.74) is 0.836. The first-order valence-corrected chi connectivity index (χ1v) is 9.36. The molecule has 12 heteroatoms. The highest BCUT2D eigenvalue weighted by atomic mass is 32.1. The number of aryl methyl sites for hydroxylation is 1. The van der Waals surface area contributed by atoms with Gasteiger partial charge >= 0.3 is 0 Å². The number of amides is 1. The Kier molecular flexibility index (Phi) is 4.98. The largest absolute Gasteiger partial charge is 0.496 e. The monoisotopic (exact) mass is 426 g/mol. The number of tetrazole rings is 1. The van der Waals surface area contributed by atoms with E-state index in [0.29, 0.717) is 22.6 Å². The van der Waals surface area contributed by atoms with Crippen LogP contribution in [0, 0.1) is 17.0 Å². The van der Waals surface area contributed by atoms with Crippen molar-refractivity contribution in [1.29, 1.82) is 0 Å². The van der Waals surface area contributed by atoms with Gasteiger partial charge in [-0.25, -0.2) is 0 Å². The van der Waals surface area contributed by atoms with E-state index < -0.39 is 10.8 Å². The molecule has 0 atom stereocenters. The van der Waals surface area contributed by atoms with E-state index in [-0.39, 0.29) is 16.5 Å². The van der Waals surface area contributed by atoms with E-state index in [1.54, 1.807) is 13.2 Å². The topological polar surface area (TPSA) is 145 Å². The minimum Gasteiger partial charge on any atom is -0.496 e. The van der Waals surface area contributed by atoms with Crippen LogP contribution in [-0.4, -0.2) is 38.6 Å². The van der Waals surface area contributed by atoms with Crippen molar-refractivity contribution in [2.75, 3.05) is 12.4 Å². The zero-order valence-corrected chi connectivity index (χ0v) is 16.5. The molecule has 2 aromatic heterocycles. The summed E-state index contributed by atoms with van der Waals surface area (Å²) in [4.78, 5) is 23.5. The van der Waals surface area contributed by atoms with Crippen LogP contribution in [0.4, 0.5) is 11.6 Å². The lowest BCUT2D eigenvalue weighted by atomic mass is 10.1. The third-order valence-corrected chi connectivity index (χ3v) is 5.34. The first-order chi connectivity index (χ1) is 14.5. The number of aromatic nitrogens is 4. The molecule has 11 nitrogen and oxygen atoms in total. The Labute approximate surface area is 172 Å². The lowest BCUT2D eigenvalue weighted by Gasteiger charge is -2.09. The predicted molar refractivity (Wildman–Crippen MR) is 108 cm³/mol. The SMILES string of the molecule is COc1cc2c(Oc3ccc([N+](=O)[O-])cc3)c(C(=O)Nc3nn[nH]n3)sc2cc1C. The van der Waals surface area contributed by atoms with Crippen LogP contribution in [0.5, 0.6) is 17.2 Å². The lowest BCUT2D eigenvalue weighted by Crippen LogP contribution is -2.12. The van der Waals surface area contributed by atoms with E-state index in [1.165, 1.54) is 35.6 Å². The number of fused-ring (bicyclic) bond motifs is 1. The molecule has 0 aliphatic carbocycles. The number of benzene rings is 2. The van der Waals surface area contributed by atoms with Crippen molar-refractivity contribution in [3.05, 3.63) is 57.0 Å². The van der Waals surface area contributed by atoms with E-state index in [4.69, 9.17) is 9.47 Å². The van der Waals surface area contributed by atoms with Gasteiger partial charge in [0, 0.05) is 22.2 Å². The van der Waals surface area contributed by atoms with Gasteiger partial charge < -0.3 is 9.47 Å². The number of carbonyl (C=O) groups excluding carboxylic acids is 1. The zero-order valence-electron chi connectivity index (χ0n) is 15.7. The molecule has 0 saturated heterocycles. The highest BCUT2D eigenvalue weighted by Crippen LogP contribution is 2.43. The zero-order chi connectivity index (χ0) is 21.3. The van der Waals surface area contributed by atoms with Gasteiger partial charge in [0.1, 0.15) is 16.4 Å². The molecule has 30 heavy (non-hydrogen) atoms. The predicted octanol–water partition coefficient (Wildman–Crippen LogP) is 3.68. The van der Waals surface area contributed by atoms with E-state index in [9.17, 15) is 14.9 Å². The molecule has 0 saturated carbocycles. The molecule has 0 unspecified atom stereocenters. The molecule has 0 aliphatic heterocycles. The van der Waals surface area contributed by atoms with Crippen LogP contribution in [-0.2, 0) is 0 Å². The number of hydrogen-bond donors (Lipinski definition) is 2. The van der Waals surface area contributed by atoms with Gasteiger partial charge in [0.2, 0.25) is 0 Å². The number of nitro benzene ring substituents is 1. The summed E-state index contributed by atoms with van der Waals surface area (Å²) in [5, 5.41) is 27.2. The molecule has 4 aromatic rings. The molecule has 0 fully saturated rings. The molecule has 0 radical (unpaired) electrons. The molecule has 2 aromatic carbocycles. The van der Waals surface area contributed by atoms with Crippen LogP contribution in [0.25, 0.3) is 10.1 Å². The fraction of sp³-hybridized carbons (Fsp3) is 0.111. The van der Waals surface area contributed by atoms with E-state index in [1.807, 2.05) is 13.0 Å². The van der Waals surface area contributed by atoms with Crippen LogP contribution < -0.4 is 14.8 Å². The highest BCUT2D eigenvalue weighted by molar-refractivity contribution is 7.21. The van der Waals surface area contributed by atoms with Crippen LogP contribution in [0.1, 0.15) is 15.2 Å². The van der Waals surface area contributed by atoms with Gasteiger partial charge in [0.15, 0.2) is 5.75 Å². The fourth-order valence-corrected chi connectivity index (χ4v) is 3.90. The number of hydrogen-bond acceptors (Lipinski definition) is 9. The van der Waals surface area contributed by atoms with Gasteiger partial charge in [0.25, 0.3) is 17.5 Å². The summed E-state index contributed by atoms with van der Waals surface area (Å²) in [5.74, 6) is 0.814. The van der Waals surface area contributed by atoms with Crippen LogP contribution >= 0.6 is 11.3 Å². The second-order valence-electron chi connectivity index (χ2n) is 6.12. The van der Waals surface area contributed by atoms with Crippen molar-refractivity contribution in [3.8, 4) is 17.2 Å². The third-order valence-electron chi connectivity index (χ3n) is 4.20. The summed E-state index contributed by atoms with van der Waals surface area (Å²) in [7, 11) is 1.56. The summed E-state index contributed by atoms with van der Waals surface area (Å²) in [6.45, 7) is 1.90. The normalized spacial score (nSPS) is 10.7. The maximum atomic E-state index is 12.9. The number of thiophene rings is 1. The summed E-state index contributed by atoms with van der Waals surface area (Å²) < 4.78 is 12.2. The number of methoxy groups -OCH3 is 1. The van der Waals surface area contributed by atoms with Gasteiger partial charge in [0.05, 0.1) is 12.0 Å². The molecule has 0 bridgehead atoms. The van der Waals surface area contributed by atoms with Crippen molar-refractivity contribution >= 4 is 39.0 Å². The molecular formula is C18H14N6O5S. The Morgan fingerprint density at radius 2 is 2.03 bits per heavy atom. The maximum absolute atomic E-state index is 12.9. The van der Waals surface area contributed by atoms with Gasteiger partial charge in [-0.15, -0.1) is 16.4 Å². The smallest absolute Gasteiger partial charge is 0.272 e. The first-order valence-electron chi connectivity index (χ1n) is 8.54. The number of nitro groups is 1. The van der Waals surface area contributed by atoms with Gasteiger partial charge in [-0.05, 0) is 42.0 Å². The molecule has 4 rings (SSSR count). The number of anilines is 1. The summed E-state index contributed by atoms with van der Waals surface area (Å²) in [6.07, 6.45) is 0. The quantitative estimate of drug-likeness (QED) is 0.351. The van der Waals surface area contributed by atoms with Crippen molar-refractivity contribution in [3.63, 3.8) is 0 Å². The average molecular weight is 426 g/mol. The maximum Gasteiger partial charge on any atom is 0.272 e. The third kappa shape index (κ3) is 3.63. The molecule has 0 aliphatic rings. The Morgan fingerprint density at radius 3 is 2.67 bits per heavy atom. The average Bonchev–Trinajstić information content (AvgIpc) is 3.35. The van der Waals surface area contributed by atoms with Crippen molar-refractivity contribution in [2.24, 2.45) is 0 Å². The Hall–Kier alpha value is -4.06. The molecule has 0 spiro atoms. The number of rotatable bonds is 6. The van der Waals surface area contributed by atoms with Crippen molar-refractivity contribution < 1.29 is 19.2 Å². The standard InChI is InChI=1S/C18H14N6O5S/c1-9-7-14-12(8-13(9)28-2)15(29-11-5-3-10(4-6-11)24(26)27)16(30-14)17(25)19-18-20-22-23-21-18/h3-8H,1-2H3,(H2,19,20,21,22,23,25). The number of ether oxygens (including phenoxy) is 2. The fourth-order valence-electron chi connectivity index (χ4n) is 2.80. The van der Waals surface area contributed by atoms with Crippen LogP contribution in [0.2, 0.25) is 0 Å². The number of nitrogens with one attached hydrogen (secondary N) is 2. The van der Waals surface area contributed by atoms with Crippen LogP contribution in [0.3, 0.4) is 0 Å². The number of H-pyrrole nitrogens is 1. The molecule has 2 heterocycles. The van der Waals surface area contributed by atoms with E-state index in [0.717, 1.165) is 10.3 Å².